The van der Waals surface area contributed by atoms with Gasteiger partial charge in [0.05, 0.1) is 31.0 Å². The van der Waals surface area contributed by atoms with Crippen molar-refractivity contribution in [3.8, 4) is 22.8 Å². The number of aliphatic carboxylic acids is 1. The number of ether oxygens (including phenoxy) is 2. The Morgan fingerprint density at radius 2 is 2.03 bits per heavy atom. The van der Waals surface area contributed by atoms with Gasteiger partial charge in [-0.2, -0.15) is 0 Å². The van der Waals surface area contributed by atoms with Gasteiger partial charge in [-0.15, -0.1) is 0 Å². The van der Waals surface area contributed by atoms with Gasteiger partial charge in [0.25, 0.3) is 0 Å². The van der Waals surface area contributed by atoms with Gasteiger partial charge in [-0.25, -0.2) is 9.37 Å². The number of hydrogen-bond donors (Lipinski definition) is 2. The Labute approximate surface area is 184 Å². The van der Waals surface area contributed by atoms with Gasteiger partial charge in [0, 0.05) is 23.4 Å². The summed E-state index contributed by atoms with van der Waals surface area (Å²) in [7, 11) is 1.47. The first-order valence-electron chi connectivity index (χ1n) is 10.2. The molecule has 0 amide bonds. The molecule has 3 atom stereocenters. The summed E-state index contributed by atoms with van der Waals surface area (Å²) in [4.78, 5) is 19.5. The zero-order chi connectivity index (χ0) is 22.8. The molecule has 0 fully saturated rings. The molecule has 32 heavy (non-hydrogen) atoms. The van der Waals surface area contributed by atoms with E-state index >= 15 is 0 Å². The van der Waals surface area contributed by atoms with Crippen molar-refractivity contribution in [1.82, 2.24) is 9.97 Å². The molecule has 0 saturated heterocycles. The molecule has 2 N–H and O–H groups in total. The van der Waals surface area contributed by atoms with Crippen LogP contribution in [0.1, 0.15) is 42.4 Å². The molecule has 8 heteroatoms. The SMILES string of the molecule is COc1cc(-c2ccc(C3CCc4ccc([C@H](O)[C@H](C)C(=O)O)cc4O3)nc2)c(F)cn1. The van der Waals surface area contributed by atoms with Crippen LogP contribution in [0.4, 0.5) is 4.39 Å². The smallest absolute Gasteiger partial charge is 0.309 e. The normalized spacial score (nSPS) is 17.1. The molecular formula is C24H23FN2O5. The highest BCUT2D eigenvalue weighted by Gasteiger charge is 2.27. The number of carboxylic acids is 1. The van der Waals surface area contributed by atoms with Crippen molar-refractivity contribution in [1.29, 1.82) is 0 Å². The number of rotatable bonds is 6. The first-order valence-corrected chi connectivity index (χ1v) is 10.2. The number of aliphatic hydroxyl groups excluding tert-OH is 1. The molecule has 2 aromatic heterocycles. The van der Waals surface area contributed by atoms with E-state index < -0.39 is 23.8 Å². The zero-order valence-electron chi connectivity index (χ0n) is 17.7. The number of hydrogen-bond acceptors (Lipinski definition) is 6. The van der Waals surface area contributed by atoms with E-state index in [4.69, 9.17) is 14.6 Å². The van der Waals surface area contributed by atoms with E-state index in [2.05, 4.69) is 9.97 Å². The molecule has 0 saturated carbocycles. The molecule has 166 valence electrons. The van der Waals surface area contributed by atoms with E-state index in [0.29, 0.717) is 40.4 Å². The predicted molar refractivity (Wildman–Crippen MR) is 114 cm³/mol. The van der Waals surface area contributed by atoms with Crippen LogP contribution >= 0.6 is 0 Å². The predicted octanol–water partition coefficient (Wildman–Crippen LogP) is 4.11. The fraction of sp³-hybridized carbons (Fsp3) is 0.292. The van der Waals surface area contributed by atoms with Crippen LogP contribution < -0.4 is 9.47 Å². The number of aliphatic hydroxyl groups is 1. The van der Waals surface area contributed by atoms with E-state index in [-0.39, 0.29) is 6.10 Å². The monoisotopic (exact) mass is 438 g/mol. The summed E-state index contributed by atoms with van der Waals surface area (Å²) in [5, 5.41) is 19.5. The molecule has 3 heterocycles. The number of benzene rings is 1. The van der Waals surface area contributed by atoms with Crippen molar-refractivity contribution in [2.45, 2.75) is 32.0 Å². The molecule has 1 unspecified atom stereocenters. The Morgan fingerprint density at radius 3 is 2.72 bits per heavy atom. The number of carbonyl (C=O) groups is 1. The van der Waals surface area contributed by atoms with Crippen LogP contribution in [0, 0.1) is 11.7 Å². The number of carboxylic acid groups (broad SMARTS) is 1. The number of nitrogens with zero attached hydrogens (tertiary/aromatic N) is 2. The number of pyridine rings is 2. The zero-order valence-corrected chi connectivity index (χ0v) is 17.7. The summed E-state index contributed by atoms with van der Waals surface area (Å²) in [5.41, 5.74) is 3.12. The van der Waals surface area contributed by atoms with E-state index in [1.54, 1.807) is 30.5 Å². The average Bonchev–Trinajstić information content (AvgIpc) is 2.82. The van der Waals surface area contributed by atoms with Gasteiger partial charge in [0.2, 0.25) is 5.88 Å². The first kappa shape index (κ1) is 21.7. The lowest BCUT2D eigenvalue weighted by Gasteiger charge is -2.27. The summed E-state index contributed by atoms with van der Waals surface area (Å²) in [6.45, 7) is 1.46. The molecule has 0 spiro atoms. The minimum Gasteiger partial charge on any atom is -0.484 e. The number of methoxy groups -OCH3 is 1. The summed E-state index contributed by atoms with van der Waals surface area (Å²) >= 11 is 0. The maximum atomic E-state index is 14.2. The molecule has 1 aliphatic heterocycles. The number of halogens is 1. The van der Waals surface area contributed by atoms with Crippen LogP contribution in [0.2, 0.25) is 0 Å². The maximum Gasteiger partial charge on any atom is 0.309 e. The van der Waals surface area contributed by atoms with Gasteiger partial charge in [0.15, 0.2) is 0 Å². The largest absolute Gasteiger partial charge is 0.484 e. The van der Waals surface area contributed by atoms with Crippen LogP contribution in [0.25, 0.3) is 11.1 Å². The van der Waals surface area contributed by atoms with Gasteiger partial charge in [-0.3, -0.25) is 9.78 Å². The Balaban J connectivity index is 1.55. The Hall–Kier alpha value is -3.52. The minimum atomic E-state index is -1.13. The van der Waals surface area contributed by atoms with Gasteiger partial charge in [-0.1, -0.05) is 18.2 Å². The van der Waals surface area contributed by atoms with Crippen LogP contribution in [0.3, 0.4) is 0 Å². The lowest BCUT2D eigenvalue weighted by molar-refractivity contribution is -0.145. The fourth-order valence-corrected chi connectivity index (χ4v) is 3.71. The molecule has 0 radical (unpaired) electrons. The fourth-order valence-electron chi connectivity index (χ4n) is 3.71. The Bertz CT molecular complexity index is 1140. The lowest BCUT2D eigenvalue weighted by atomic mass is 9.93. The van der Waals surface area contributed by atoms with Gasteiger partial charge in [-0.05, 0) is 43.0 Å². The van der Waals surface area contributed by atoms with Crippen molar-refractivity contribution in [3.63, 3.8) is 0 Å². The molecule has 1 aromatic carbocycles. The third kappa shape index (κ3) is 4.27. The van der Waals surface area contributed by atoms with E-state index in [1.165, 1.54) is 20.1 Å². The summed E-state index contributed by atoms with van der Waals surface area (Å²) in [6.07, 6.45) is 2.72. The van der Waals surface area contributed by atoms with Gasteiger partial charge in [0.1, 0.15) is 17.7 Å². The van der Waals surface area contributed by atoms with Gasteiger partial charge < -0.3 is 19.7 Å². The van der Waals surface area contributed by atoms with E-state index in [1.807, 2.05) is 6.07 Å². The summed E-state index contributed by atoms with van der Waals surface area (Å²) in [6, 6.07) is 10.4. The van der Waals surface area contributed by atoms with Gasteiger partial charge >= 0.3 is 5.97 Å². The van der Waals surface area contributed by atoms with Crippen LogP contribution in [0.5, 0.6) is 11.6 Å². The second-order valence-electron chi connectivity index (χ2n) is 7.76. The molecule has 7 nitrogen and oxygen atoms in total. The Morgan fingerprint density at radius 1 is 1.22 bits per heavy atom. The number of fused-ring (bicyclic) bond motifs is 1. The van der Waals surface area contributed by atoms with Crippen LogP contribution in [-0.2, 0) is 11.2 Å². The van der Waals surface area contributed by atoms with Crippen LogP contribution in [0.15, 0.2) is 48.8 Å². The highest BCUT2D eigenvalue weighted by atomic mass is 19.1. The van der Waals surface area contributed by atoms with Crippen molar-refractivity contribution in [3.05, 3.63) is 71.4 Å². The molecular weight excluding hydrogens is 415 g/mol. The molecule has 1 aliphatic rings. The summed E-state index contributed by atoms with van der Waals surface area (Å²) < 4.78 is 25.4. The van der Waals surface area contributed by atoms with E-state index in [0.717, 1.165) is 18.2 Å². The summed E-state index contributed by atoms with van der Waals surface area (Å²) in [5.74, 6) is -1.56. The molecule has 0 bridgehead atoms. The molecule has 3 aromatic rings. The van der Waals surface area contributed by atoms with Crippen molar-refractivity contribution in [2.24, 2.45) is 5.92 Å². The third-order valence-corrected chi connectivity index (χ3v) is 5.71. The second kappa shape index (κ2) is 8.92. The standard InChI is InChI=1S/C24H23FN2O5/c1-13(24(29)30)23(28)15-4-3-14-6-8-20(32-21(14)9-15)19-7-5-16(11-26-19)17-10-22(31-2)27-12-18(17)25/h3-5,7,9-13,20,23,28H,6,8H2,1-2H3,(H,29,30)/t13-,20?,23+/m0/s1. The minimum absolute atomic E-state index is 0.308. The quantitative estimate of drug-likeness (QED) is 0.597. The Kier molecular flexibility index (Phi) is 6.05. The number of aryl methyl sites for hydroxylation is 1. The average molecular weight is 438 g/mol. The van der Waals surface area contributed by atoms with Crippen LogP contribution in [-0.4, -0.2) is 33.3 Å². The third-order valence-electron chi connectivity index (χ3n) is 5.71. The highest BCUT2D eigenvalue weighted by Crippen LogP contribution is 2.37. The van der Waals surface area contributed by atoms with Crippen molar-refractivity contribution >= 4 is 5.97 Å². The van der Waals surface area contributed by atoms with E-state index in [9.17, 15) is 14.3 Å². The second-order valence-corrected chi connectivity index (χ2v) is 7.76. The molecule has 4 rings (SSSR count). The maximum absolute atomic E-state index is 14.2. The first-order chi connectivity index (χ1) is 15.4. The van der Waals surface area contributed by atoms with Crippen molar-refractivity contribution in [2.75, 3.05) is 7.11 Å². The van der Waals surface area contributed by atoms with Crippen molar-refractivity contribution < 1.29 is 28.9 Å². The molecule has 0 aliphatic carbocycles. The number of aromatic nitrogens is 2. The topological polar surface area (TPSA) is 102 Å². The lowest BCUT2D eigenvalue weighted by Crippen LogP contribution is -2.20. The highest BCUT2D eigenvalue weighted by molar-refractivity contribution is 5.70.